The van der Waals surface area contributed by atoms with E-state index in [-0.39, 0.29) is 5.41 Å². The van der Waals surface area contributed by atoms with E-state index in [0.717, 1.165) is 36.6 Å². The number of benzene rings is 1. The van der Waals surface area contributed by atoms with Gasteiger partial charge in [0, 0.05) is 43.3 Å². The van der Waals surface area contributed by atoms with Gasteiger partial charge in [0.05, 0.1) is 23.7 Å². The third-order valence-corrected chi connectivity index (χ3v) is 9.95. The van der Waals surface area contributed by atoms with Crippen LogP contribution in [0.15, 0.2) is 24.4 Å². The molecule has 1 aromatic heterocycles. The van der Waals surface area contributed by atoms with Crippen molar-refractivity contribution in [3.05, 3.63) is 35.7 Å². The van der Waals surface area contributed by atoms with Crippen molar-refractivity contribution in [3.63, 3.8) is 0 Å². The van der Waals surface area contributed by atoms with Gasteiger partial charge in [0.1, 0.15) is 0 Å². The molecule has 4 aliphatic rings. The Labute approximate surface area is 211 Å². The average molecular weight is 477 g/mol. The third kappa shape index (κ3) is 4.01. The lowest BCUT2D eigenvalue weighted by molar-refractivity contribution is 0.0718. The van der Waals surface area contributed by atoms with Gasteiger partial charge in [-0.1, -0.05) is 50.7 Å². The number of anilines is 1. The van der Waals surface area contributed by atoms with Gasteiger partial charge in [-0.05, 0) is 69.3 Å². The van der Waals surface area contributed by atoms with Gasteiger partial charge < -0.3 is 4.90 Å². The van der Waals surface area contributed by atoms with E-state index in [1.807, 2.05) is 4.68 Å². The molecule has 0 amide bonds. The first-order valence-corrected chi connectivity index (χ1v) is 14.4. The van der Waals surface area contributed by atoms with Crippen LogP contribution in [0.5, 0.6) is 0 Å². The molecule has 2 aliphatic carbocycles. The highest BCUT2D eigenvalue weighted by molar-refractivity contribution is 5.67. The first-order chi connectivity index (χ1) is 17.1. The Bertz CT molecular complexity index is 1000. The van der Waals surface area contributed by atoms with Crippen LogP contribution in [0, 0.1) is 0 Å². The number of likely N-dealkylation sites (N-methyl/N-ethyl adjacent to an activating group) is 2. The van der Waals surface area contributed by atoms with Crippen LogP contribution in [0.25, 0.3) is 5.69 Å². The van der Waals surface area contributed by atoms with Gasteiger partial charge in [0.25, 0.3) is 0 Å². The highest BCUT2D eigenvalue weighted by Gasteiger charge is 2.54. The van der Waals surface area contributed by atoms with Gasteiger partial charge >= 0.3 is 0 Å². The molecule has 1 saturated heterocycles. The van der Waals surface area contributed by atoms with Gasteiger partial charge in [0.15, 0.2) is 0 Å². The fourth-order valence-electron chi connectivity index (χ4n) is 8.11. The molecule has 0 bridgehead atoms. The first kappa shape index (κ1) is 23.5. The van der Waals surface area contributed by atoms with Crippen molar-refractivity contribution in [2.24, 2.45) is 0 Å². The van der Waals surface area contributed by atoms with E-state index in [1.54, 1.807) is 0 Å². The molecule has 2 saturated carbocycles. The molecular weight excluding hydrogens is 432 g/mol. The van der Waals surface area contributed by atoms with E-state index in [4.69, 9.17) is 5.10 Å². The quantitative estimate of drug-likeness (QED) is 0.551. The molecule has 2 aromatic rings. The SMILES string of the molecule is CC[C@@]12CCN(C)[C@@H]1N(C)c1ccc(-n3cc(CN(C4CCCCC4)C4CCCCC4)nn3)cc12. The molecule has 3 fully saturated rings. The predicted molar refractivity (Wildman–Crippen MR) is 142 cm³/mol. The van der Waals surface area contributed by atoms with Crippen LogP contribution in [-0.4, -0.2) is 63.7 Å². The Balaban J connectivity index is 1.26. The Morgan fingerprint density at radius 3 is 2.31 bits per heavy atom. The lowest BCUT2D eigenvalue weighted by Crippen LogP contribution is -2.46. The summed E-state index contributed by atoms with van der Waals surface area (Å²) in [5.41, 5.74) is 5.38. The van der Waals surface area contributed by atoms with Crippen LogP contribution in [-0.2, 0) is 12.0 Å². The molecule has 190 valence electrons. The van der Waals surface area contributed by atoms with Crippen LogP contribution in [0.3, 0.4) is 0 Å². The van der Waals surface area contributed by atoms with Crippen LogP contribution in [0.1, 0.15) is 95.2 Å². The summed E-state index contributed by atoms with van der Waals surface area (Å²) in [5.74, 6) is 0. The molecule has 6 nitrogen and oxygen atoms in total. The second-order valence-corrected chi connectivity index (χ2v) is 11.8. The minimum Gasteiger partial charge on any atom is -0.358 e. The standard InChI is InChI=1S/C29H44N6/c1-4-29-17-18-32(2)28(29)33(3)27-16-15-25(19-26(27)29)35-21-22(30-31-35)20-34(23-11-7-5-8-12-23)24-13-9-6-10-14-24/h15-16,19,21,23-24,28H,4-14,17-18,20H2,1-3H3/t28-,29+/m1/s1. The van der Waals surface area contributed by atoms with Gasteiger partial charge in [-0.2, -0.15) is 0 Å². The highest BCUT2D eigenvalue weighted by atomic mass is 15.4. The minimum absolute atomic E-state index is 0.219. The molecule has 3 heterocycles. The number of hydrogen-bond donors (Lipinski definition) is 0. The fourth-order valence-corrected chi connectivity index (χ4v) is 8.11. The molecule has 6 rings (SSSR count). The topological polar surface area (TPSA) is 40.4 Å². The summed E-state index contributed by atoms with van der Waals surface area (Å²) in [7, 11) is 4.54. The largest absolute Gasteiger partial charge is 0.358 e. The molecule has 0 unspecified atom stereocenters. The lowest BCUT2D eigenvalue weighted by Gasteiger charge is -2.41. The van der Waals surface area contributed by atoms with Gasteiger partial charge in [0.2, 0.25) is 0 Å². The zero-order valence-corrected chi connectivity index (χ0v) is 22.1. The van der Waals surface area contributed by atoms with Gasteiger partial charge in [-0.3, -0.25) is 9.80 Å². The molecule has 2 aliphatic heterocycles. The number of likely N-dealkylation sites (tertiary alicyclic amines) is 1. The predicted octanol–water partition coefficient (Wildman–Crippen LogP) is 5.49. The summed E-state index contributed by atoms with van der Waals surface area (Å²) in [5, 5.41) is 9.34. The smallest absolute Gasteiger partial charge is 0.0972 e. The lowest BCUT2D eigenvalue weighted by atomic mass is 9.77. The summed E-state index contributed by atoms with van der Waals surface area (Å²) >= 11 is 0. The maximum Gasteiger partial charge on any atom is 0.0972 e. The average Bonchev–Trinajstić information content (AvgIpc) is 3.58. The highest BCUT2D eigenvalue weighted by Crippen LogP contribution is 2.53. The van der Waals surface area contributed by atoms with E-state index in [0.29, 0.717) is 6.17 Å². The Morgan fingerprint density at radius 1 is 0.971 bits per heavy atom. The summed E-state index contributed by atoms with van der Waals surface area (Å²) < 4.78 is 2.03. The van der Waals surface area contributed by atoms with Crippen molar-refractivity contribution < 1.29 is 0 Å². The van der Waals surface area contributed by atoms with Crippen molar-refractivity contribution in [2.45, 2.75) is 114 Å². The van der Waals surface area contributed by atoms with Crippen molar-refractivity contribution >= 4 is 5.69 Å². The van der Waals surface area contributed by atoms with E-state index < -0.39 is 0 Å². The normalized spacial score (nSPS) is 28.1. The number of rotatable bonds is 6. The van der Waals surface area contributed by atoms with E-state index in [1.165, 1.54) is 88.3 Å². The molecule has 0 spiro atoms. The monoisotopic (exact) mass is 476 g/mol. The summed E-state index contributed by atoms with van der Waals surface area (Å²) in [6.07, 6.45) is 18.9. The van der Waals surface area contributed by atoms with Crippen molar-refractivity contribution in [3.8, 4) is 5.69 Å². The number of hydrogen-bond acceptors (Lipinski definition) is 5. The maximum absolute atomic E-state index is 4.70. The summed E-state index contributed by atoms with van der Waals surface area (Å²) in [4.78, 5) is 7.85. The third-order valence-electron chi connectivity index (χ3n) is 9.95. The second kappa shape index (κ2) is 9.51. The molecular formula is C29H44N6. The minimum atomic E-state index is 0.219. The Hall–Kier alpha value is -1.92. The molecule has 2 atom stereocenters. The number of fused-ring (bicyclic) bond motifs is 3. The number of nitrogens with zero attached hydrogens (tertiary/aromatic N) is 6. The van der Waals surface area contributed by atoms with E-state index in [2.05, 4.69) is 65.3 Å². The molecule has 0 radical (unpaired) electrons. The summed E-state index contributed by atoms with van der Waals surface area (Å²) in [6, 6.07) is 8.42. The van der Waals surface area contributed by atoms with Crippen LogP contribution in [0.4, 0.5) is 5.69 Å². The van der Waals surface area contributed by atoms with E-state index >= 15 is 0 Å². The maximum atomic E-state index is 4.70. The van der Waals surface area contributed by atoms with Crippen molar-refractivity contribution in [1.29, 1.82) is 0 Å². The fraction of sp³-hybridized carbons (Fsp3) is 0.724. The zero-order chi connectivity index (χ0) is 24.0. The molecule has 35 heavy (non-hydrogen) atoms. The zero-order valence-electron chi connectivity index (χ0n) is 22.1. The number of aromatic nitrogens is 3. The Kier molecular flexibility index (Phi) is 6.38. The Morgan fingerprint density at radius 2 is 1.66 bits per heavy atom. The van der Waals surface area contributed by atoms with Crippen LogP contribution in [0.2, 0.25) is 0 Å². The van der Waals surface area contributed by atoms with Crippen molar-refractivity contribution in [1.82, 2.24) is 24.8 Å². The molecule has 1 aromatic carbocycles. The second-order valence-electron chi connectivity index (χ2n) is 11.8. The van der Waals surface area contributed by atoms with Crippen molar-refractivity contribution in [2.75, 3.05) is 25.5 Å². The molecule has 0 N–H and O–H groups in total. The van der Waals surface area contributed by atoms with Crippen LogP contribution < -0.4 is 4.90 Å². The van der Waals surface area contributed by atoms with Crippen LogP contribution >= 0.6 is 0 Å². The van der Waals surface area contributed by atoms with Gasteiger partial charge in [-0.15, -0.1) is 5.10 Å². The van der Waals surface area contributed by atoms with E-state index in [9.17, 15) is 0 Å². The first-order valence-electron chi connectivity index (χ1n) is 14.4. The van der Waals surface area contributed by atoms with Gasteiger partial charge in [-0.25, -0.2) is 4.68 Å². The molecule has 6 heteroatoms. The summed E-state index contributed by atoms with van der Waals surface area (Å²) in [6.45, 7) is 4.48.